The highest BCUT2D eigenvalue weighted by Crippen LogP contribution is 2.28. The van der Waals surface area contributed by atoms with Crippen molar-refractivity contribution in [3.05, 3.63) is 22.4 Å². The van der Waals surface area contributed by atoms with Gasteiger partial charge in [-0.05, 0) is 34.3 Å². The molecule has 0 aliphatic rings. The van der Waals surface area contributed by atoms with E-state index in [2.05, 4.69) is 15.9 Å². The van der Waals surface area contributed by atoms with Crippen molar-refractivity contribution in [2.75, 3.05) is 12.0 Å². The van der Waals surface area contributed by atoms with Crippen molar-refractivity contribution < 1.29 is 4.39 Å². The number of hydrogen-bond acceptors (Lipinski definition) is 2. The minimum atomic E-state index is -0.274. The molecule has 0 unspecified atom stereocenters. The predicted octanol–water partition coefficient (Wildman–Crippen LogP) is 2.89. The maximum atomic E-state index is 12.8. The molecule has 0 bridgehead atoms. The quantitative estimate of drug-likeness (QED) is 0.599. The Labute approximate surface area is 77.3 Å². The molecule has 0 fully saturated rings. The second kappa shape index (κ2) is 3.45. The average molecular weight is 236 g/mol. The van der Waals surface area contributed by atoms with Gasteiger partial charge in [-0.2, -0.15) is 0 Å². The van der Waals surface area contributed by atoms with E-state index in [4.69, 9.17) is 5.73 Å². The smallest absolute Gasteiger partial charge is 0.138 e. The zero-order valence-corrected chi connectivity index (χ0v) is 8.30. The van der Waals surface area contributed by atoms with Gasteiger partial charge in [0.2, 0.25) is 0 Å². The lowest BCUT2D eigenvalue weighted by Crippen LogP contribution is -1.90. The summed E-state index contributed by atoms with van der Waals surface area (Å²) in [6, 6.07) is 2.99. The lowest BCUT2D eigenvalue weighted by molar-refractivity contribution is 0.618. The second-order valence-corrected chi connectivity index (χ2v) is 3.71. The molecule has 1 aromatic rings. The van der Waals surface area contributed by atoms with Crippen molar-refractivity contribution in [1.29, 1.82) is 0 Å². The topological polar surface area (TPSA) is 26.0 Å². The molecule has 0 amide bonds. The van der Waals surface area contributed by atoms with Crippen molar-refractivity contribution in [2.24, 2.45) is 0 Å². The van der Waals surface area contributed by atoms with E-state index in [1.807, 2.05) is 6.26 Å². The molecule has 0 heterocycles. The van der Waals surface area contributed by atoms with E-state index >= 15 is 0 Å². The molecule has 0 spiro atoms. The minimum Gasteiger partial charge on any atom is -0.398 e. The Morgan fingerprint density at radius 2 is 2.18 bits per heavy atom. The van der Waals surface area contributed by atoms with Gasteiger partial charge in [0.1, 0.15) is 5.82 Å². The minimum absolute atomic E-state index is 0.274. The Morgan fingerprint density at radius 1 is 1.55 bits per heavy atom. The van der Waals surface area contributed by atoms with Gasteiger partial charge < -0.3 is 5.73 Å². The van der Waals surface area contributed by atoms with Gasteiger partial charge in [-0.15, -0.1) is 11.8 Å². The number of rotatable bonds is 1. The normalized spacial score (nSPS) is 10.1. The zero-order valence-electron chi connectivity index (χ0n) is 5.90. The Hall–Kier alpha value is -0.220. The maximum Gasteiger partial charge on any atom is 0.138 e. The van der Waals surface area contributed by atoms with Crippen LogP contribution < -0.4 is 5.73 Å². The third-order valence-electron chi connectivity index (χ3n) is 1.27. The van der Waals surface area contributed by atoms with E-state index in [-0.39, 0.29) is 5.82 Å². The summed E-state index contributed by atoms with van der Waals surface area (Å²) < 4.78 is 13.2. The summed E-state index contributed by atoms with van der Waals surface area (Å²) in [7, 11) is 0. The molecule has 0 radical (unpaired) electrons. The van der Waals surface area contributed by atoms with Crippen LogP contribution in [0.4, 0.5) is 10.1 Å². The highest BCUT2D eigenvalue weighted by molar-refractivity contribution is 9.10. The zero-order chi connectivity index (χ0) is 8.43. The van der Waals surface area contributed by atoms with Crippen LogP contribution >= 0.6 is 27.7 Å². The number of thioether (sulfide) groups is 1. The first-order chi connectivity index (χ1) is 5.15. The number of anilines is 1. The summed E-state index contributed by atoms with van der Waals surface area (Å²) in [5, 5.41) is 0. The van der Waals surface area contributed by atoms with Crippen molar-refractivity contribution in [2.45, 2.75) is 4.90 Å². The van der Waals surface area contributed by atoms with Crippen molar-refractivity contribution in [3.8, 4) is 0 Å². The molecule has 0 saturated heterocycles. The first-order valence-corrected chi connectivity index (χ1v) is 4.95. The molecule has 1 rings (SSSR count). The second-order valence-electron chi connectivity index (χ2n) is 2.01. The fraction of sp³-hybridized carbons (Fsp3) is 0.143. The predicted molar refractivity (Wildman–Crippen MR) is 50.3 cm³/mol. The fourth-order valence-corrected chi connectivity index (χ4v) is 1.60. The molecule has 11 heavy (non-hydrogen) atoms. The molecule has 0 aliphatic carbocycles. The van der Waals surface area contributed by atoms with Gasteiger partial charge in [-0.3, -0.25) is 0 Å². The Bertz CT molecular complexity index is 277. The Kier molecular flexibility index (Phi) is 2.78. The molecule has 0 atom stereocenters. The molecule has 1 nitrogen and oxygen atoms in total. The van der Waals surface area contributed by atoms with Crippen molar-refractivity contribution in [1.82, 2.24) is 0 Å². The number of benzene rings is 1. The summed E-state index contributed by atoms with van der Waals surface area (Å²) in [6.45, 7) is 0. The average Bonchev–Trinajstić information content (AvgIpc) is 1.97. The highest BCUT2D eigenvalue weighted by Gasteiger charge is 2.03. The molecule has 2 N–H and O–H groups in total. The van der Waals surface area contributed by atoms with E-state index in [0.29, 0.717) is 10.2 Å². The molecule has 60 valence electrons. The van der Waals surface area contributed by atoms with Gasteiger partial charge >= 0.3 is 0 Å². The summed E-state index contributed by atoms with van der Waals surface area (Å²) in [5.41, 5.74) is 6.19. The molecular weight excluding hydrogens is 229 g/mol. The number of nitrogen functional groups attached to an aromatic ring is 1. The van der Waals surface area contributed by atoms with Crippen LogP contribution in [0.5, 0.6) is 0 Å². The fourth-order valence-electron chi connectivity index (χ4n) is 0.721. The highest BCUT2D eigenvalue weighted by atomic mass is 79.9. The molecule has 1 aromatic carbocycles. The summed E-state index contributed by atoms with van der Waals surface area (Å²) in [4.78, 5) is 0.769. The SMILES string of the molecule is CSc1cc(F)c(Br)cc1N. The Morgan fingerprint density at radius 3 is 2.73 bits per heavy atom. The van der Waals surface area contributed by atoms with Crippen LogP contribution in [0.25, 0.3) is 0 Å². The third kappa shape index (κ3) is 1.87. The standard InChI is InChI=1S/C7H7BrFNS/c1-11-7-3-5(9)4(8)2-6(7)10/h2-3H,10H2,1H3. The van der Waals surface area contributed by atoms with Gasteiger partial charge in [0.25, 0.3) is 0 Å². The summed E-state index contributed by atoms with van der Waals surface area (Å²) >= 11 is 4.48. The van der Waals surface area contributed by atoms with Gasteiger partial charge in [0.05, 0.1) is 4.47 Å². The van der Waals surface area contributed by atoms with Crippen LogP contribution in [0.3, 0.4) is 0 Å². The van der Waals surface area contributed by atoms with Crippen molar-refractivity contribution >= 4 is 33.4 Å². The van der Waals surface area contributed by atoms with Crippen molar-refractivity contribution in [3.63, 3.8) is 0 Å². The number of hydrogen-bond donors (Lipinski definition) is 1. The first kappa shape index (κ1) is 8.87. The van der Waals surface area contributed by atoms with Gasteiger partial charge in [0.15, 0.2) is 0 Å². The molecule has 0 aliphatic heterocycles. The number of halogens is 2. The largest absolute Gasteiger partial charge is 0.398 e. The lowest BCUT2D eigenvalue weighted by atomic mass is 10.3. The van der Waals surface area contributed by atoms with E-state index < -0.39 is 0 Å². The first-order valence-electron chi connectivity index (χ1n) is 2.93. The molecule has 4 heteroatoms. The van der Waals surface area contributed by atoms with E-state index in [0.717, 1.165) is 4.90 Å². The Balaban J connectivity index is 3.21. The van der Waals surface area contributed by atoms with Crippen LogP contribution in [0.15, 0.2) is 21.5 Å². The molecular formula is C7H7BrFNS. The summed E-state index contributed by atoms with van der Waals surface area (Å²) in [6.07, 6.45) is 1.86. The van der Waals surface area contributed by atoms with Crippen LogP contribution in [0, 0.1) is 5.82 Å². The maximum absolute atomic E-state index is 12.8. The third-order valence-corrected chi connectivity index (χ3v) is 2.67. The summed E-state index contributed by atoms with van der Waals surface area (Å²) in [5.74, 6) is -0.274. The van der Waals surface area contributed by atoms with E-state index in [1.54, 1.807) is 6.07 Å². The van der Waals surface area contributed by atoms with Gasteiger partial charge in [0, 0.05) is 10.6 Å². The van der Waals surface area contributed by atoms with Gasteiger partial charge in [-0.1, -0.05) is 0 Å². The van der Waals surface area contributed by atoms with E-state index in [9.17, 15) is 4.39 Å². The van der Waals surface area contributed by atoms with Crippen LogP contribution in [0.1, 0.15) is 0 Å². The van der Waals surface area contributed by atoms with Crippen LogP contribution in [-0.4, -0.2) is 6.26 Å². The van der Waals surface area contributed by atoms with Gasteiger partial charge in [-0.25, -0.2) is 4.39 Å². The van der Waals surface area contributed by atoms with E-state index in [1.165, 1.54) is 17.8 Å². The molecule has 0 saturated carbocycles. The monoisotopic (exact) mass is 235 g/mol. The van der Waals surface area contributed by atoms with Crippen LogP contribution in [-0.2, 0) is 0 Å². The molecule has 0 aromatic heterocycles. The lowest BCUT2D eigenvalue weighted by Gasteiger charge is -2.02. The number of nitrogens with two attached hydrogens (primary N) is 1. The van der Waals surface area contributed by atoms with Crippen LogP contribution in [0.2, 0.25) is 0 Å².